The van der Waals surface area contributed by atoms with E-state index in [1.807, 2.05) is 0 Å². The maximum Gasteiger partial charge on any atom is 0.0839 e. The van der Waals surface area contributed by atoms with E-state index in [0.717, 1.165) is 62.7 Å². The van der Waals surface area contributed by atoms with Crippen molar-refractivity contribution in [2.75, 3.05) is 136 Å². The number of fused-ring (bicyclic) bond motifs is 1. The predicted octanol–water partition coefficient (Wildman–Crippen LogP) is 21.5. The molecule has 7 aromatic carbocycles. The summed E-state index contributed by atoms with van der Waals surface area (Å²) in [5, 5.41) is 0. The first-order chi connectivity index (χ1) is 59.4. The monoisotopic (exact) mass is 1690 g/mol. The van der Waals surface area contributed by atoms with Crippen LogP contribution in [0.4, 0.5) is 17.1 Å². The van der Waals surface area contributed by atoms with Crippen LogP contribution >= 0.6 is 0 Å². The minimum absolute atomic E-state index is 0.301. The van der Waals surface area contributed by atoms with Crippen LogP contribution < -0.4 is 9.80 Å². The van der Waals surface area contributed by atoms with Crippen molar-refractivity contribution in [3.63, 3.8) is 0 Å². The molecule has 12 nitrogen and oxygen atoms in total. The molecule has 0 aromatic heterocycles. The second-order valence-electron chi connectivity index (χ2n) is 44.9. The molecule has 26 rings (SSSR count). The third kappa shape index (κ3) is 16.3. The average Bonchev–Trinajstić information content (AvgIpc) is 0.806. The zero-order chi connectivity index (χ0) is 88.7. The third-order valence-electron chi connectivity index (χ3n) is 36.7. The minimum atomic E-state index is 0.301. The molecule has 0 radical (unpaired) electrons. The number of hydrogen-bond donors (Lipinski definition) is 0. The minimum Gasteiger partial charge on any atom is -0.356 e. The zero-order valence-electron chi connectivity index (χ0n) is 83.1. The molecule has 16 bridgehead atoms. The first kappa shape index (κ1) is 90.7. The molecule has 125 heavy (non-hydrogen) atoms. The Morgan fingerprint density at radius 1 is 0.320 bits per heavy atom. The van der Waals surface area contributed by atoms with Crippen molar-refractivity contribution in [1.29, 1.82) is 0 Å². The van der Waals surface area contributed by atoms with Crippen LogP contribution in [0.2, 0.25) is 0 Å². The van der Waals surface area contributed by atoms with Gasteiger partial charge < -0.3 is 9.80 Å². The van der Waals surface area contributed by atoms with Crippen molar-refractivity contribution >= 4 is 17.1 Å². The molecule has 20 atom stereocenters. The van der Waals surface area contributed by atoms with Crippen molar-refractivity contribution in [2.45, 2.75) is 313 Å². The van der Waals surface area contributed by atoms with Gasteiger partial charge in [-0.1, -0.05) is 120 Å². The number of para-hydroxylation sites is 1. The van der Waals surface area contributed by atoms with Gasteiger partial charge in [-0.3, -0.25) is 49.0 Å². The van der Waals surface area contributed by atoms with Crippen LogP contribution in [0.25, 0.3) is 0 Å². The Kier molecular flexibility index (Phi) is 25.5. The summed E-state index contributed by atoms with van der Waals surface area (Å²) in [5.74, 6) is 3.67. The summed E-state index contributed by atoms with van der Waals surface area (Å²) < 4.78 is 0. The van der Waals surface area contributed by atoms with Crippen LogP contribution in [0.3, 0.4) is 0 Å². The fourth-order valence-corrected chi connectivity index (χ4v) is 29.5. The lowest BCUT2D eigenvalue weighted by atomic mass is 9.46. The van der Waals surface area contributed by atoms with Gasteiger partial charge in [0.15, 0.2) is 0 Å². The van der Waals surface area contributed by atoms with E-state index in [9.17, 15) is 0 Å². The topological polar surface area (TPSA) is 38.9 Å². The summed E-state index contributed by atoms with van der Waals surface area (Å²) in [4.78, 5) is 31.7. The SMILES string of the molecule is Cc1cc(C)c(C)c(C23CC4CC(C2)C2(CCCCC2)N(C4)C3C)c1.Cc1cc(C)c(C)c(C23CC4CN(CN(C4)C2C)C3)c1.Cc1cc(C)c(C)c(C23CC4CN(CN(C4)C2C)C3)c1.Cc1cc(C)c(C)c(C23CN4CN(CN(C4)C2C)C3)c1.Cc1cc(C)c(C)c(N2CCCCN(C)C2C)c1.Cc1cc(C)c(C)c(N2c3ccccc3CCN(C)C2C)c1. The normalized spacial score (nSPS) is 35.1. The molecule has 19 aliphatic rings. The number of aryl methyl sites for hydroxylation is 12. The molecule has 17 heterocycles. The highest BCUT2D eigenvalue weighted by molar-refractivity contribution is 5.72. The highest BCUT2D eigenvalue weighted by atomic mass is 15.6. The molecule has 12 heteroatoms. The molecule has 2 saturated carbocycles. The molecule has 20 unspecified atom stereocenters. The van der Waals surface area contributed by atoms with Gasteiger partial charge in [0.25, 0.3) is 0 Å². The smallest absolute Gasteiger partial charge is 0.0839 e. The number of piperidine rings is 7. The largest absolute Gasteiger partial charge is 0.356 e. The van der Waals surface area contributed by atoms with Crippen LogP contribution in [0, 0.1) is 148 Å². The first-order valence-electron chi connectivity index (χ1n) is 49.9. The fraction of sp³-hybridized carbons (Fsp3) is 0.628. The molecule has 7 aromatic rings. The second kappa shape index (κ2) is 35.1. The van der Waals surface area contributed by atoms with Crippen LogP contribution in [0.1, 0.15) is 247 Å². The van der Waals surface area contributed by atoms with E-state index in [-0.39, 0.29) is 0 Å². The van der Waals surface area contributed by atoms with Gasteiger partial charge in [0.05, 0.1) is 45.7 Å². The van der Waals surface area contributed by atoms with E-state index in [1.165, 1.54) is 280 Å². The van der Waals surface area contributed by atoms with Crippen LogP contribution in [0.15, 0.2) is 97.1 Å². The predicted molar refractivity (Wildman–Crippen MR) is 527 cm³/mol. The Hall–Kier alpha value is -6.26. The standard InChI is InChI=1S/C24H35N.C20H26N2.2C18H26N2.C17H25N3.C16H26N2/c1-16-10-17(2)18(3)22(11-16)23-13-20-12-21(14-23)24(8-6-5-7-9-24)25(15-20)19(23)4;1-14-12-15(2)16(3)20(13-14)22-17(4)21(5)11-10-18-8-6-7-9-19(18)22;2*1-12-5-13(2)14(3)17(6-12)18-7-16-8-19(10-18)11-20(9-16)15(18)4;1-12-5-13(2)14(3)16(6-12)17-7-18-9-19(8-17)11-20(10-18)15(17)4;1-12-10-13(2)14(3)16(11-12)18-9-7-6-8-17(5)15(18)4/h10-11,19-21H,5-9,12-15H2,1-4H3;6-9,12-13,17H,10-11H2,1-5H3;2*5-6,15-16H,7-11H2,1-4H3;5-6,15H,7-11H2,1-4H3;10-11,15H,6-9H2,1-5H3. The summed E-state index contributed by atoms with van der Waals surface area (Å²) in [6, 6.07) is 40.2. The molecular weight excluding hydrogens is 1530 g/mol. The highest BCUT2D eigenvalue weighted by Crippen LogP contribution is 2.65. The maximum atomic E-state index is 3.05. The van der Waals surface area contributed by atoms with Crippen LogP contribution in [-0.4, -0.2) is 217 Å². The molecule has 2 aliphatic carbocycles. The zero-order valence-corrected chi connectivity index (χ0v) is 83.1. The molecule has 17 aliphatic heterocycles. The Balaban J connectivity index is 0.000000106. The summed E-state index contributed by atoms with van der Waals surface area (Å²) >= 11 is 0. The Morgan fingerprint density at radius 2 is 0.728 bits per heavy atom. The number of likely N-dealkylation sites (N-methyl/N-ethyl adjacent to an activating group) is 1. The average molecular weight is 1690 g/mol. The van der Waals surface area contributed by atoms with Crippen molar-refractivity contribution < 1.29 is 0 Å². The quantitative estimate of drug-likeness (QED) is 0.159. The maximum absolute atomic E-state index is 3.05. The van der Waals surface area contributed by atoms with E-state index >= 15 is 0 Å². The number of rotatable bonds is 6. The van der Waals surface area contributed by atoms with E-state index in [0.29, 0.717) is 57.7 Å². The summed E-state index contributed by atoms with van der Waals surface area (Å²) in [5.41, 5.74) is 40.2. The van der Waals surface area contributed by atoms with Gasteiger partial charge in [-0.25, -0.2) is 0 Å². The van der Waals surface area contributed by atoms with Crippen molar-refractivity contribution in [3.05, 3.63) is 225 Å². The number of hydrogen-bond acceptors (Lipinski definition) is 12. The van der Waals surface area contributed by atoms with Gasteiger partial charge in [-0.15, -0.1) is 0 Å². The molecular formula is C113H164N12. The van der Waals surface area contributed by atoms with Crippen LogP contribution in [0.5, 0.6) is 0 Å². The van der Waals surface area contributed by atoms with Gasteiger partial charge in [-0.2, -0.15) is 0 Å². The van der Waals surface area contributed by atoms with Crippen LogP contribution in [-0.2, 0) is 28.1 Å². The molecule has 18 fully saturated rings. The Morgan fingerprint density at radius 3 is 1.23 bits per heavy atom. The lowest BCUT2D eigenvalue weighted by molar-refractivity contribution is -0.182. The number of anilines is 3. The first-order valence-corrected chi connectivity index (χ1v) is 49.9. The molecule has 16 saturated heterocycles. The lowest BCUT2D eigenvalue weighted by Gasteiger charge is -2.71. The van der Waals surface area contributed by atoms with Gasteiger partial charge in [-0.05, 0) is 399 Å². The van der Waals surface area contributed by atoms with E-state index in [1.54, 1.807) is 27.8 Å². The Bertz CT molecular complexity index is 4840. The van der Waals surface area contributed by atoms with Crippen molar-refractivity contribution in [1.82, 2.24) is 49.0 Å². The van der Waals surface area contributed by atoms with Gasteiger partial charge >= 0.3 is 0 Å². The van der Waals surface area contributed by atoms with Gasteiger partial charge in [0.2, 0.25) is 0 Å². The number of nitrogens with zero attached hydrogens (tertiary/aromatic N) is 12. The highest BCUT2D eigenvalue weighted by Gasteiger charge is 2.65. The van der Waals surface area contributed by atoms with Crippen molar-refractivity contribution in [3.8, 4) is 0 Å². The summed E-state index contributed by atoms with van der Waals surface area (Å²) in [6.45, 7) is 76.5. The second-order valence-corrected chi connectivity index (χ2v) is 44.9. The lowest BCUT2D eigenvalue weighted by Crippen LogP contribution is -2.77. The Labute approximate surface area is 759 Å². The summed E-state index contributed by atoms with van der Waals surface area (Å²) in [7, 11) is 4.46. The van der Waals surface area contributed by atoms with E-state index < -0.39 is 0 Å². The molecule has 676 valence electrons. The third-order valence-corrected chi connectivity index (χ3v) is 36.7. The van der Waals surface area contributed by atoms with Gasteiger partial charge in [0.1, 0.15) is 0 Å². The van der Waals surface area contributed by atoms with Crippen molar-refractivity contribution in [2.24, 2.45) is 23.7 Å². The number of benzene rings is 7. The molecule has 1 spiro atoms. The van der Waals surface area contributed by atoms with E-state index in [2.05, 4.69) is 336 Å². The van der Waals surface area contributed by atoms with E-state index in [4.69, 9.17) is 0 Å². The fourth-order valence-electron chi connectivity index (χ4n) is 29.5. The van der Waals surface area contributed by atoms with Gasteiger partial charge in [0, 0.05) is 140 Å². The molecule has 0 amide bonds. The summed E-state index contributed by atoms with van der Waals surface area (Å²) in [6.07, 6.45) is 19.2. The molecule has 0 N–H and O–H groups in total.